The maximum Gasteiger partial charge on any atom is 0.316 e. The van der Waals surface area contributed by atoms with E-state index in [1.165, 1.54) is 6.42 Å². The van der Waals surface area contributed by atoms with E-state index >= 15 is 0 Å². The van der Waals surface area contributed by atoms with Crippen LogP contribution in [0.2, 0.25) is 0 Å². The molecule has 1 aliphatic rings. The van der Waals surface area contributed by atoms with Gasteiger partial charge in [-0.15, -0.1) is 0 Å². The predicted octanol–water partition coefficient (Wildman–Crippen LogP) is 2.60. The molecule has 2 aromatic rings. The summed E-state index contributed by atoms with van der Waals surface area (Å²) in [4.78, 5) is 16.4. The Balaban J connectivity index is 1.65. The number of hydrogen-bond acceptors (Lipinski definition) is 5. The van der Waals surface area contributed by atoms with Crippen LogP contribution in [0.4, 0.5) is 0 Å². The number of rotatable bonds is 4. The molecule has 124 valence electrons. The minimum Gasteiger partial charge on any atom is -0.345 e. The Kier molecular flexibility index (Phi) is 4.98. The van der Waals surface area contributed by atoms with Gasteiger partial charge in [-0.25, -0.2) is 0 Å². The zero-order chi connectivity index (χ0) is 16.4. The maximum absolute atomic E-state index is 12.2. The van der Waals surface area contributed by atoms with Crippen molar-refractivity contribution in [3.8, 4) is 0 Å². The van der Waals surface area contributed by atoms with E-state index in [-0.39, 0.29) is 17.8 Å². The second kappa shape index (κ2) is 6.98. The first-order chi connectivity index (χ1) is 11.0. The Labute approximate surface area is 148 Å². The van der Waals surface area contributed by atoms with Gasteiger partial charge < -0.3 is 9.84 Å². The fourth-order valence-corrected chi connectivity index (χ4v) is 3.25. The molecule has 0 saturated heterocycles. The third-order valence-corrected chi connectivity index (χ3v) is 5.75. The lowest BCUT2D eigenvalue weighted by atomic mass is 9.95. The Morgan fingerprint density at radius 3 is 2.74 bits per heavy atom. The SMILES string of the molecule is Cc1nn(Cc2noc(C(=O)NC3CCCCC3)n2)c(C)c1I. The van der Waals surface area contributed by atoms with E-state index in [0.717, 1.165) is 40.6 Å². The van der Waals surface area contributed by atoms with Crippen molar-refractivity contribution in [1.29, 1.82) is 0 Å². The van der Waals surface area contributed by atoms with Crippen molar-refractivity contribution in [2.75, 3.05) is 0 Å². The molecule has 2 heterocycles. The molecule has 0 bridgehead atoms. The van der Waals surface area contributed by atoms with Gasteiger partial charge in [0.1, 0.15) is 6.54 Å². The van der Waals surface area contributed by atoms with Crippen molar-refractivity contribution in [3.63, 3.8) is 0 Å². The third-order valence-electron chi connectivity index (χ3n) is 4.19. The molecule has 1 amide bonds. The first-order valence-electron chi connectivity index (χ1n) is 7.87. The van der Waals surface area contributed by atoms with Crippen LogP contribution < -0.4 is 5.32 Å². The van der Waals surface area contributed by atoms with Crippen molar-refractivity contribution in [2.24, 2.45) is 0 Å². The fraction of sp³-hybridized carbons (Fsp3) is 0.600. The molecule has 0 radical (unpaired) electrons. The zero-order valence-corrected chi connectivity index (χ0v) is 15.5. The number of halogens is 1. The zero-order valence-electron chi connectivity index (χ0n) is 13.3. The van der Waals surface area contributed by atoms with E-state index in [0.29, 0.717) is 12.4 Å². The highest BCUT2D eigenvalue weighted by Gasteiger charge is 2.21. The number of nitrogens with zero attached hydrogens (tertiary/aromatic N) is 4. The number of hydrogen-bond donors (Lipinski definition) is 1. The summed E-state index contributed by atoms with van der Waals surface area (Å²) < 4.78 is 8.05. The number of carbonyl (C=O) groups is 1. The normalized spacial score (nSPS) is 15.8. The van der Waals surface area contributed by atoms with E-state index in [9.17, 15) is 4.79 Å². The molecule has 0 aromatic carbocycles. The number of aromatic nitrogens is 4. The quantitative estimate of drug-likeness (QED) is 0.756. The van der Waals surface area contributed by atoms with Crippen molar-refractivity contribution in [1.82, 2.24) is 25.2 Å². The molecule has 8 heteroatoms. The summed E-state index contributed by atoms with van der Waals surface area (Å²) >= 11 is 2.27. The highest BCUT2D eigenvalue weighted by Crippen LogP contribution is 2.18. The van der Waals surface area contributed by atoms with Gasteiger partial charge in [-0.1, -0.05) is 24.4 Å². The van der Waals surface area contributed by atoms with Crippen LogP contribution in [0.3, 0.4) is 0 Å². The number of amides is 1. The monoisotopic (exact) mass is 429 g/mol. The first-order valence-corrected chi connectivity index (χ1v) is 8.95. The number of aryl methyl sites for hydroxylation is 1. The number of carbonyl (C=O) groups excluding carboxylic acids is 1. The van der Waals surface area contributed by atoms with Crippen molar-refractivity contribution in [3.05, 3.63) is 26.7 Å². The van der Waals surface area contributed by atoms with Gasteiger partial charge in [0.25, 0.3) is 0 Å². The molecule has 1 N–H and O–H groups in total. The molecule has 3 rings (SSSR count). The van der Waals surface area contributed by atoms with Crippen LogP contribution in [0.15, 0.2) is 4.52 Å². The van der Waals surface area contributed by atoms with Gasteiger partial charge in [-0.05, 0) is 49.3 Å². The van der Waals surface area contributed by atoms with Crippen LogP contribution in [-0.2, 0) is 6.54 Å². The van der Waals surface area contributed by atoms with E-state index < -0.39 is 0 Å². The highest BCUT2D eigenvalue weighted by molar-refractivity contribution is 14.1. The summed E-state index contributed by atoms with van der Waals surface area (Å²) in [5.74, 6) is 0.209. The largest absolute Gasteiger partial charge is 0.345 e. The topological polar surface area (TPSA) is 85.8 Å². The summed E-state index contributed by atoms with van der Waals surface area (Å²) in [7, 11) is 0. The second-order valence-electron chi connectivity index (χ2n) is 5.97. The van der Waals surface area contributed by atoms with Gasteiger partial charge >= 0.3 is 11.8 Å². The molecular weight excluding hydrogens is 409 g/mol. The molecular formula is C15H20IN5O2. The molecule has 7 nitrogen and oxygen atoms in total. The summed E-state index contributed by atoms with van der Waals surface area (Å²) in [5.41, 5.74) is 2.03. The molecule has 1 aliphatic carbocycles. The van der Waals surface area contributed by atoms with Gasteiger partial charge in [0, 0.05) is 11.7 Å². The van der Waals surface area contributed by atoms with Crippen LogP contribution in [-0.4, -0.2) is 31.9 Å². The van der Waals surface area contributed by atoms with Crippen molar-refractivity contribution in [2.45, 2.75) is 58.5 Å². The summed E-state index contributed by atoms with van der Waals surface area (Å²) in [6.07, 6.45) is 5.62. The van der Waals surface area contributed by atoms with E-state index in [1.807, 2.05) is 18.5 Å². The number of nitrogens with one attached hydrogen (secondary N) is 1. The molecule has 23 heavy (non-hydrogen) atoms. The standard InChI is InChI=1S/C15H20IN5O2/c1-9-13(16)10(2)21(19-9)8-12-18-15(23-20-12)14(22)17-11-6-4-3-5-7-11/h11H,3-8H2,1-2H3,(H,17,22). The Morgan fingerprint density at radius 1 is 1.35 bits per heavy atom. The average Bonchev–Trinajstić information content (AvgIpc) is 3.10. The molecule has 0 aliphatic heterocycles. The van der Waals surface area contributed by atoms with Gasteiger partial charge in [-0.2, -0.15) is 10.1 Å². The Morgan fingerprint density at radius 2 is 2.09 bits per heavy atom. The van der Waals surface area contributed by atoms with Crippen molar-refractivity contribution >= 4 is 28.5 Å². The smallest absolute Gasteiger partial charge is 0.316 e. The summed E-state index contributed by atoms with van der Waals surface area (Å²) in [5, 5.41) is 11.3. The Hall–Kier alpha value is -1.45. The van der Waals surface area contributed by atoms with Crippen LogP contribution in [0.25, 0.3) is 0 Å². The van der Waals surface area contributed by atoms with Gasteiger partial charge in [0.2, 0.25) is 0 Å². The molecule has 2 aromatic heterocycles. The van der Waals surface area contributed by atoms with Gasteiger partial charge in [0.05, 0.1) is 9.26 Å². The molecule has 1 saturated carbocycles. The first kappa shape index (κ1) is 16.4. The minimum absolute atomic E-state index is 0.0294. The summed E-state index contributed by atoms with van der Waals surface area (Å²) in [6.45, 7) is 4.36. The fourth-order valence-electron chi connectivity index (χ4n) is 2.87. The lowest BCUT2D eigenvalue weighted by Crippen LogP contribution is -2.36. The molecule has 0 spiro atoms. The van der Waals surface area contributed by atoms with Crippen LogP contribution in [0, 0.1) is 17.4 Å². The second-order valence-corrected chi connectivity index (χ2v) is 7.05. The Bertz CT molecular complexity index is 703. The highest BCUT2D eigenvalue weighted by atomic mass is 127. The minimum atomic E-state index is -0.279. The molecule has 0 atom stereocenters. The van der Waals surface area contributed by atoms with Gasteiger partial charge in [-0.3, -0.25) is 9.48 Å². The lowest BCUT2D eigenvalue weighted by Gasteiger charge is -2.21. The van der Waals surface area contributed by atoms with Crippen molar-refractivity contribution < 1.29 is 9.32 Å². The van der Waals surface area contributed by atoms with Crippen LogP contribution in [0.1, 0.15) is 60.0 Å². The van der Waals surface area contributed by atoms with Crippen LogP contribution >= 0.6 is 22.6 Å². The lowest BCUT2D eigenvalue weighted by molar-refractivity contribution is 0.0883. The predicted molar refractivity (Wildman–Crippen MR) is 92.2 cm³/mol. The van der Waals surface area contributed by atoms with Gasteiger partial charge in [0.15, 0.2) is 5.82 Å². The molecule has 0 unspecified atom stereocenters. The average molecular weight is 429 g/mol. The summed E-state index contributed by atoms with van der Waals surface area (Å²) in [6, 6.07) is 0.226. The van der Waals surface area contributed by atoms with Crippen LogP contribution in [0.5, 0.6) is 0 Å². The molecule has 1 fully saturated rings. The third kappa shape index (κ3) is 3.73. The van der Waals surface area contributed by atoms with E-state index in [4.69, 9.17) is 4.52 Å². The van der Waals surface area contributed by atoms with E-state index in [1.54, 1.807) is 0 Å². The van der Waals surface area contributed by atoms with E-state index in [2.05, 4.69) is 43.1 Å². The maximum atomic E-state index is 12.2.